The summed E-state index contributed by atoms with van der Waals surface area (Å²) in [6, 6.07) is 0. The molecule has 0 aromatic carbocycles. The lowest BCUT2D eigenvalue weighted by Crippen LogP contribution is -2.44. The molecule has 1 rings (SSSR count). The van der Waals surface area contributed by atoms with Crippen LogP contribution >= 0.6 is 0 Å². The van der Waals surface area contributed by atoms with Gasteiger partial charge in [0.15, 0.2) is 5.41 Å². The van der Waals surface area contributed by atoms with Gasteiger partial charge in [-0.1, -0.05) is 19.3 Å². The van der Waals surface area contributed by atoms with Gasteiger partial charge in [0.25, 0.3) is 0 Å². The Morgan fingerprint density at radius 2 is 1.33 bits per heavy atom. The van der Waals surface area contributed by atoms with Crippen molar-refractivity contribution in [1.29, 1.82) is 0 Å². The van der Waals surface area contributed by atoms with E-state index < -0.39 is 17.4 Å². The number of hydrogen-bond acceptors (Lipinski definition) is 6. The molecule has 0 unspecified atom stereocenters. The smallest absolute Gasteiger partial charge is 0.323 e. The third-order valence-electron chi connectivity index (χ3n) is 3.14. The summed E-state index contributed by atoms with van der Waals surface area (Å²) in [6.07, 6.45) is 3.32. The lowest BCUT2D eigenvalue weighted by molar-refractivity contribution is -0.176. The van der Waals surface area contributed by atoms with Crippen LogP contribution in [-0.2, 0) is 19.1 Å². The van der Waals surface area contributed by atoms with Crippen molar-refractivity contribution in [3.63, 3.8) is 0 Å². The monoisotopic (exact) mass is 260 g/mol. The van der Waals surface area contributed by atoms with E-state index in [-0.39, 0.29) is 26.4 Å². The van der Waals surface area contributed by atoms with Crippen LogP contribution in [0.4, 0.5) is 0 Å². The van der Waals surface area contributed by atoms with E-state index >= 15 is 0 Å². The number of rotatable bonds is 6. The minimum atomic E-state index is -1.25. The molecular weight excluding hydrogens is 240 g/mol. The number of carbonyl (C=O) groups is 2. The molecule has 1 saturated carbocycles. The van der Waals surface area contributed by atoms with Crippen LogP contribution in [-0.4, -0.2) is 48.6 Å². The van der Waals surface area contributed by atoms with E-state index in [1.165, 1.54) is 0 Å². The Morgan fingerprint density at radius 1 is 0.889 bits per heavy atom. The molecule has 18 heavy (non-hydrogen) atoms. The van der Waals surface area contributed by atoms with Crippen molar-refractivity contribution in [1.82, 2.24) is 0 Å². The highest BCUT2D eigenvalue weighted by atomic mass is 16.6. The molecule has 0 aromatic rings. The molecule has 0 aromatic heterocycles. The molecule has 0 saturated heterocycles. The number of ether oxygens (including phenoxy) is 2. The van der Waals surface area contributed by atoms with E-state index in [2.05, 4.69) is 0 Å². The molecule has 0 aliphatic heterocycles. The summed E-state index contributed by atoms with van der Waals surface area (Å²) in [5.41, 5.74) is -1.25. The van der Waals surface area contributed by atoms with E-state index in [4.69, 9.17) is 19.7 Å². The molecule has 2 N–H and O–H groups in total. The number of hydrogen-bond donors (Lipinski definition) is 2. The van der Waals surface area contributed by atoms with Gasteiger partial charge in [-0.3, -0.25) is 9.59 Å². The van der Waals surface area contributed by atoms with Gasteiger partial charge < -0.3 is 19.7 Å². The van der Waals surface area contributed by atoms with Crippen LogP contribution < -0.4 is 0 Å². The van der Waals surface area contributed by atoms with Crippen LogP contribution in [0.1, 0.15) is 32.1 Å². The average Bonchev–Trinajstić information content (AvgIpc) is 2.42. The van der Waals surface area contributed by atoms with Gasteiger partial charge in [-0.15, -0.1) is 0 Å². The van der Waals surface area contributed by atoms with Gasteiger partial charge in [-0.2, -0.15) is 0 Å². The second-order valence-electron chi connectivity index (χ2n) is 4.36. The van der Waals surface area contributed by atoms with E-state index in [9.17, 15) is 9.59 Å². The topological polar surface area (TPSA) is 93.1 Å². The van der Waals surface area contributed by atoms with Crippen molar-refractivity contribution in [3.8, 4) is 0 Å². The molecule has 6 heteroatoms. The summed E-state index contributed by atoms with van der Waals surface area (Å²) in [5.74, 6) is -1.25. The maximum atomic E-state index is 12.0. The number of carbonyl (C=O) groups excluding carboxylic acids is 2. The second-order valence-corrected chi connectivity index (χ2v) is 4.36. The summed E-state index contributed by atoms with van der Waals surface area (Å²) in [6.45, 7) is -0.775. The Morgan fingerprint density at radius 3 is 1.72 bits per heavy atom. The van der Waals surface area contributed by atoms with Crippen molar-refractivity contribution in [3.05, 3.63) is 0 Å². The maximum absolute atomic E-state index is 12.0. The van der Waals surface area contributed by atoms with Gasteiger partial charge in [0, 0.05) is 0 Å². The molecule has 0 heterocycles. The SMILES string of the molecule is O=C(OCCO)C1(C(=O)OCCO)CCCCC1. The standard InChI is InChI=1S/C12H20O6/c13-6-8-17-10(15)12(4-2-1-3-5-12)11(16)18-9-7-14/h13-14H,1-9H2. The molecule has 0 spiro atoms. The van der Waals surface area contributed by atoms with Crippen LogP contribution in [0, 0.1) is 5.41 Å². The van der Waals surface area contributed by atoms with Crippen molar-refractivity contribution < 1.29 is 29.3 Å². The fraction of sp³-hybridized carbons (Fsp3) is 0.833. The maximum Gasteiger partial charge on any atom is 0.323 e. The Labute approximate surface area is 106 Å². The largest absolute Gasteiger partial charge is 0.462 e. The minimum absolute atomic E-state index is 0.117. The van der Waals surface area contributed by atoms with Gasteiger partial charge in [-0.05, 0) is 12.8 Å². The van der Waals surface area contributed by atoms with E-state index in [0.29, 0.717) is 12.8 Å². The van der Waals surface area contributed by atoms with E-state index in [1.54, 1.807) is 0 Å². The zero-order valence-electron chi connectivity index (χ0n) is 10.4. The zero-order chi connectivity index (χ0) is 13.4. The molecule has 1 fully saturated rings. The summed E-state index contributed by atoms with van der Waals surface area (Å²) in [4.78, 5) is 24.0. The average molecular weight is 260 g/mol. The minimum Gasteiger partial charge on any atom is -0.462 e. The number of aliphatic hydroxyl groups excluding tert-OH is 2. The quantitative estimate of drug-likeness (QED) is 0.516. The van der Waals surface area contributed by atoms with E-state index in [1.807, 2.05) is 0 Å². The lowest BCUT2D eigenvalue weighted by atomic mass is 9.74. The Hall–Kier alpha value is -1.14. The van der Waals surface area contributed by atoms with Crippen LogP contribution in [0.5, 0.6) is 0 Å². The first-order valence-electron chi connectivity index (χ1n) is 6.23. The highest BCUT2D eigenvalue weighted by molar-refractivity contribution is 6.00. The van der Waals surface area contributed by atoms with Crippen molar-refractivity contribution >= 4 is 11.9 Å². The van der Waals surface area contributed by atoms with Crippen LogP contribution in [0.25, 0.3) is 0 Å². The third-order valence-corrected chi connectivity index (χ3v) is 3.14. The van der Waals surface area contributed by atoms with Crippen LogP contribution in [0.3, 0.4) is 0 Å². The molecule has 0 radical (unpaired) electrons. The molecule has 1 aliphatic rings. The molecule has 0 amide bonds. The van der Waals surface area contributed by atoms with Gasteiger partial charge in [-0.25, -0.2) is 0 Å². The van der Waals surface area contributed by atoms with Crippen LogP contribution in [0.15, 0.2) is 0 Å². The molecule has 6 nitrogen and oxygen atoms in total. The fourth-order valence-electron chi connectivity index (χ4n) is 2.20. The fourth-order valence-corrected chi connectivity index (χ4v) is 2.20. The highest BCUT2D eigenvalue weighted by Crippen LogP contribution is 2.38. The highest BCUT2D eigenvalue weighted by Gasteiger charge is 2.49. The number of aliphatic hydroxyl groups is 2. The first-order chi connectivity index (χ1) is 8.67. The first-order valence-corrected chi connectivity index (χ1v) is 6.23. The normalized spacial score (nSPS) is 18.1. The first kappa shape index (κ1) is 14.9. The predicted molar refractivity (Wildman–Crippen MR) is 61.6 cm³/mol. The van der Waals surface area contributed by atoms with Gasteiger partial charge in [0.2, 0.25) is 0 Å². The second kappa shape index (κ2) is 7.33. The Kier molecular flexibility index (Phi) is 6.07. The summed E-state index contributed by atoms with van der Waals surface area (Å²) < 4.78 is 9.77. The molecule has 1 aliphatic carbocycles. The molecule has 104 valence electrons. The summed E-state index contributed by atoms with van der Waals surface area (Å²) >= 11 is 0. The Bertz CT molecular complexity index is 260. The molecule has 0 atom stereocenters. The lowest BCUT2D eigenvalue weighted by Gasteiger charge is -2.32. The van der Waals surface area contributed by atoms with Crippen LogP contribution in [0.2, 0.25) is 0 Å². The van der Waals surface area contributed by atoms with Crippen molar-refractivity contribution in [2.24, 2.45) is 5.41 Å². The third kappa shape index (κ3) is 3.43. The molecular formula is C12H20O6. The van der Waals surface area contributed by atoms with E-state index in [0.717, 1.165) is 19.3 Å². The van der Waals surface area contributed by atoms with Crippen molar-refractivity contribution in [2.45, 2.75) is 32.1 Å². The predicted octanol–water partition coefficient (Wildman–Crippen LogP) is 0.00790. The van der Waals surface area contributed by atoms with Gasteiger partial charge >= 0.3 is 11.9 Å². The summed E-state index contributed by atoms with van der Waals surface area (Å²) in [5, 5.41) is 17.3. The molecule has 0 bridgehead atoms. The van der Waals surface area contributed by atoms with Crippen molar-refractivity contribution in [2.75, 3.05) is 26.4 Å². The zero-order valence-corrected chi connectivity index (χ0v) is 10.4. The summed E-state index contributed by atoms with van der Waals surface area (Å²) in [7, 11) is 0. The number of esters is 2. The van der Waals surface area contributed by atoms with Gasteiger partial charge in [0.1, 0.15) is 13.2 Å². The van der Waals surface area contributed by atoms with Gasteiger partial charge in [0.05, 0.1) is 13.2 Å². The Balaban J connectivity index is 2.73.